The zero-order chi connectivity index (χ0) is 8.69. The van der Waals surface area contributed by atoms with E-state index >= 15 is 0 Å². The van der Waals surface area contributed by atoms with Crippen LogP contribution in [0, 0.1) is 0 Å². The maximum atomic E-state index is 8.50. The summed E-state index contributed by atoms with van der Waals surface area (Å²) < 4.78 is 0. The van der Waals surface area contributed by atoms with E-state index in [9.17, 15) is 0 Å². The quantitative estimate of drug-likeness (QED) is 0.523. The largest absolute Gasteiger partial charge is 0.395 e. The van der Waals surface area contributed by atoms with Gasteiger partial charge in [0.05, 0.1) is 6.61 Å². The van der Waals surface area contributed by atoms with Crippen LogP contribution in [0.1, 0.15) is 26.7 Å². The molecule has 11 heavy (non-hydrogen) atoms. The lowest BCUT2D eigenvalue weighted by Crippen LogP contribution is -2.24. The van der Waals surface area contributed by atoms with Gasteiger partial charge in [-0.2, -0.15) is 12.6 Å². The molecule has 3 heteroatoms. The minimum absolute atomic E-state index is 0.306. The van der Waals surface area contributed by atoms with Crippen molar-refractivity contribution in [3.05, 3.63) is 0 Å². The highest BCUT2D eigenvalue weighted by molar-refractivity contribution is 7.80. The number of rotatable bonds is 1. The third-order valence-corrected chi connectivity index (χ3v) is 1.38. The third-order valence-electron chi connectivity index (χ3n) is 1.38. The summed E-state index contributed by atoms with van der Waals surface area (Å²) in [5.74, 6) is 0. The number of thiol groups is 1. The maximum Gasteiger partial charge on any atom is 0.0584 e. The fourth-order valence-corrected chi connectivity index (χ4v) is 0.913. The van der Waals surface area contributed by atoms with Crippen molar-refractivity contribution < 1.29 is 5.11 Å². The van der Waals surface area contributed by atoms with Crippen LogP contribution in [-0.2, 0) is 0 Å². The predicted molar refractivity (Wildman–Crippen MR) is 52.2 cm³/mol. The molecule has 0 radical (unpaired) electrons. The second kappa shape index (κ2) is 6.95. The fraction of sp³-hybridized carbons (Fsp3) is 1.00. The van der Waals surface area contributed by atoms with Gasteiger partial charge >= 0.3 is 0 Å². The molecular weight excluding hydrogens is 158 g/mol. The molecule has 0 amide bonds. The van der Waals surface area contributed by atoms with E-state index in [2.05, 4.69) is 17.9 Å². The maximum absolute atomic E-state index is 8.50. The van der Waals surface area contributed by atoms with Gasteiger partial charge in [-0.3, -0.25) is 0 Å². The zero-order valence-electron chi connectivity index (χ0n) is 7.38. The van der Waals surface area contributed by atoms with E-state index in [0.717, 1.165) is 13.0 Å². The Morgan fingerprint density at radius 3 is 2.36 bits per heavy atom. The van der Waals surface area contributed by atoms with Gasteiger partial charge in [0.25, 0.3) is 0 Å². The Hall–Kier alpha value is 0.270. The van der Waals surface area contributed by atoms with Gasteiger partial charge in [-0.15, -0.1) is 0 Å². The van der Waals surface area contributed by atoms with Crippen LogP contribution in [0.4, 0.5) is 0 Å². The van der Waals surface area contributed by atoms with Crippen LogP contribution in [0.3, 0.4) is 0 Å². The summed E-state index contributed by atoms with van der Waals surface area (Å²) in [6.07, 6.45) is 2.38. The Morgan fingerprint density at radius 2 is 2.18 bits per heavy atom. The lowest BCUT2D eigenvalue weighted by atomic mass is 10.2. The standard InChI is InChI=1S/C5H11NO.C3H8S/c7-4-5-2-1-3-6-5;1-3(2)4/h5-7H,1-4H2;3-4H,1-2H3. The normalized spacial score (nSPS) is 23.2. The summed E-state index contributed by atoms with van der Waals surface area (Å²) in [5.41, 5.74) is 0. The number of hydrogen-bond donors (Lipinski definition) is 3. The van der Waals surface area contributed by atoms with E-state index in [4.69, 9.17) is 5.11 Å². The van der Waals surface area contributed by atoms with E-state index < -0.39 is 0 Å². The summed E-state index contributed by atoms with van der Waals surface area (Å²) in [5, 5.41) is 12.2. The topological polar surface area (TPSA) is 32.3 Å². The van der Waals surface area contributed by atoms with Crippen LogP contribution in [0.25, 0.3) is 0 Å². The molecule has 68 valence electrons. The van der Waals surface area contributed by atoms with Crippen molar-refractivity contribution in [1.82, 2.24) is 5.32 Å². The van der Waals surface area contributed by atoms with Gasteiger partial charge in [-0.25, -0.2) is 0 Å². The van der Waals surface area contributed by atoms with Gasteiger partial charge in [0.15, 0.2) is 0 Å². The van der Waals surface area contributed by atoms with Crippen molar-refractivity contribution >= 4 is 12.6 Å². The highest BCUT2D eigenvalue weighted by Gasteiger charge is 2.10. The van der Waals surface area contributed by atoms with Crippen molar-refractivity contribution in [3.63, 3.8) is 0 Å². The number of aliphatic hydroxyl groups excluding tert-OH is 1. The van der Waals surface area contributed by atoms with Gasteiger partial charge < -0.3 is 10.4 Å². The van der Waals surface area contributed by atoms with Crippen molar-refractivity contribution in [2.24, 2.45) is 0 Å². The molecule has 1 atom stereocenters. The van der Waals surface area contributed by atoms with E-state index in [1.165, 1.54) is 6.42 Å². The SMILES string of the molecule is CC(C)S.OCC1CCCN1. The average molecular weight is 177 g/mol. The molecule has 1 unspecified atom stereocenters. The minimum Gasteiger partial charge on any atom is -0.395 e. The van der Waals surface area contributed by atoms with E-state index in [-0.39, 0.29) is 0 Å². The van der Waals surface area contributed by atoms with E-state index in [0.29, 0.717) is 17.9 Å². The molecule has 0 aromatic carbocycles. The third kappa shape index (κ3) is 8.17. The molecule has 2 N–H and O–H groups in total. The minimum atomic E-state index is 0.306. The van der Waals surface area contributed by atoms with Gasteiger partial charge in [0.2, 0.25) is 0 Å². The molecule has 0 aliphatic carbocycles. The number of aliphatic hydroxyl groups is 1. The lowest BCUT2D eigenvalue weighted by Gasteiger charge is -2.01. The molecule has 1 aliphatic heterocycles. The first kappa shape index (κ1) is 11.3. The highest BCUT2D eigenvalue weighted by atomic mass is 32.1. The molecule has 1 aliphatic rings. The van der Waals surface area contributed by atoms with Gasteiger partial charge in [-0.1, -0.05) is 13.8 Å². The Kier molecular flexibility index (Phi) is 7.12. The van der Waals surface area contributed by atoms with Crippen LogP contribution in [-0.4, -0.2) is 29.5 Å². The first-order valence-corrected chi connectivity index (χ1v) is 4.70. The van der Waals surface area contributed by atoms with Gasteiger partial charge in [0, 0.05) is 6.04 Å². The highest BCUT2D eigenvalue weighted by Crippen LogP contribution is 2.02. The van der Waals surface area contributed by atoms with Crippen molar-refractivity contribution in [2.75, 3.05) is 13.2 Å². The summed E-state index contributed by atoms with van der Waals surface area (Å²) in [6, 6.07) is 0.403. The van der Waals surface area contributed by atoms with Crippen molar-refractivity contribution in [2.45, 2.75) is 38.0 Å². The summed E-state index contributed by atoms with van der Waals surface area (Å²) in [4.78, 5) is 0. The number of hydrogen-bond acceptors (Lipinski definition) is 3. The monoisotopic (exact) mass is 177 g/mol. The van der Waals surface area contributed by atoms with Gasteiger partial charge in [-0.05, 0) is 24.6 Å². The summed E-state index contributed by atoms with van der Waals surface area (Å²) >= 11 is 3.97. The molecule has 0 aromatic heterocycles. The molecule has 0 bridgehead atoms. The van der Waals surface area contributed by atoms with E-state index in [1.54, 1.807) is 0 Å². The second-order valence-electron chi connectivity index (χ2n) is 3.07. The average Bonchev–Trinajstić information content (AvgIpc) is 2.36. The smallest absolute Gasteiger partial charge is 0.0584 e. The Balaban J connectivity index is 0.000000218. The van der Waals surface area contributed by atoms with Gasteiger partial charge in [0.1, 0.15) is 0 Å². The van der Waals surface area contributed by atoms with Crippen molar-refractivity contribution in [3.8, 4) is 0 Å². The molecule has 1 saturated heterocycles. The Labute approximate surface area is 74.8 Å². The molecule has 0 aromatic rings. The predicted octanol–water partition coefficient (Wildman–Crippen LogP) is 1.06. The van der Waals surface area contributed by atoms with Crippen molar-refractivity contribution in [1.29, 1.82) is 0 Å². The van der Waals surface area contributed by atoms with Crippen LogP contribution in [0.2, 0.25) is 0 Å². The molecule has 1 fully saturated rings. The Morgan fingerprint density at radius 1 is 1.64 bits per heavy atom. The van der Waals surface area contributed by atoms with Crippen LogP contribution < -0.4 is 5.32 Å². The van der Waals surface area contributed by atoms with E-state index in [1.807, 2.05) is 13.8 Å². The van der Waals surface area contributed by atoms with Crippen LogP contribution >= 0.6 is 12.6 Å². The summed E-state index contributed by atoms with van der Waals surface area (Å²) in [6.45, 7) is 5.46. The molecule has 0 saturated carbocycles. The fourth-order valence-electron chi connectivity index (χ4n) is 0.913. The molecule has 0 spiro atoms. The Bertz CT molecular complexity index is 79.4. The molecule has 1 rings (SSSR count). The lowest BCUT2D eigenvalue weighted by molar-refractivity contribution is 0.255. The van der Waals surface area contributed by atoms with Crippen LogP contribution in [0.15, 0.2) is 0 Å². The number of nitrogens with one attached hydrogen (secondary N) is 1. The molecule has 1 heterocycles. The second-order valence-corrected chi connectivity index (χ2v) is 4.10. The first-order valence-electron chi connectivity index (χ1n) is 4.19. The first-order chi connectivity index (χ1) is 5.16. The molecule has 2 nitrogen and oxygen atoms in total. The zero-order valence-corrected chi connectivity index (χ0v) is 8.27. The van der Waals surface area contributed by atoms with Crippen LogP contribution in [0.5, 0.6) is 0 Å². The summed E-state index contributed by atoms with van der Waals surface area (Å²) in [7, 11) is 0. The molecular formula is C8H19NOS.